The van der Waals surface area contributed by atoms with Crippen LogP contribution in [0.1, 0.15) is 97.3 Å². The first-order chi connectivity index (χ1) is 17.0. The Morgan fingerprint density at radius 3 is 2.05 bits per heavy atom. The van der Waals surface area contributed by atoms with Crippen LogP contribution in [0, 0.1) is 12.7 Å². The number of carbonyl (C=O) groups excluding carboxylic acids is 2. The van der Waals surface area contributed by atoms with E-state index in [0.717, 1.165) is 43.2 Å². The SMILES string of the molecule is C.CCCC(C)(C(=O)NCc1ccc(Cl)c(F)c1)c1ccc(Cl)c(C)c1.CCCC(CCC)NC(C)=O. The molecule has 0 aliphatic rings. The summed E-state index contributed by atoms with van der Waals surface area (Å²) >= 11 is 11.8. The van der Waals surface area contributed by atoms with E-state index in [2.05, 4.69) is 24.5 Å². The quantitative estimate of drug-likeness (QED) is 0.292. The molecule has 2 rings (SSSR count). The summed E-state index contributed by atoms with van der Waals surface area (Å²) in [7, 11) is 0. The molecule has 37 heavy (non-hydrogen) atoms. The van der Waals surface area contributed by atoms with Crippen LogP contribution >= 0.6 is 23.2 Å². The lowest BCUT2D eigenvalue weighted by Crippen LogP contribution is -2.42. The van der Waals surface area contributed by atoms with Crippen molar-refractivity contribution in [2.24, 2.45) is 0 Å². The molecule has 2 amide bonds. The van der Waals surface area contributed by atoms with Crippen molar-refractivity contribution in [2.45, 2.75) is 105 Å². The molecule has 0 aromatic heterocycles. The van der Waals surface area contributed by atoms with Gasteiger partial charge in [0.15, 0.2) is 0 Å². The number of hydrogen-bond donors (Lipinski definition) is 2. The van der Waals surface area contributed by atoms with Gasteiger partial charge in [-0.15, -0.1) is 0 Å². The average molecular weight is 556 g/mol. The molecule has 0 radical (unpaired) electrons. The van der Waals surface area contributed by atoms with Crippen LogP contribution in [0.25, 0.3) is 0 Å². The zero-order chi connectivity index (χ0) is 27.3. The number of carbonyl (C=O) groups is 2. The highest BCUT2D eigenvalue weighted by atomic mass is 35.5. The minimum absolute atomic E-state index is 0. The fourth-order valence-electron chi connectivity index (χ4n) is 4.18. The Labute approximate surface area is 233 Å². The van der Waals surface area contributed by atoms with Gasteiger partial charge in [0.25, 0.3) is 0 Å². The van der Waals surface area contributed by atoms with E-state index >= 15 is 0 Å². The van der Waals surface area contributed by atoms with Gasteiger partial charge >= 0.3 is 0 Å². The second-order valence-corrected chi connectivity index (χ2v) is 10.3. The van der Waals surface area contributed by atoms with Gasteiger partial charge in [-0.3, -0.25) is 9.59 Å². The summed E-state index contributed by atoms with van der Waals surface area (Å²) in [5.41, 5.74) is 1.86. The van der Waals surface area contributed by atoms with Gasteiger partial charge in [-0.05, 0) is 68.0 Å². The molecular formula is C30H45Cl2FN2O2. The highest BCUT2D eigenvalue weighted by molar-refractivity contribution is 6.31. The number of aryl methyl sites for hydroxylation is 1. The van der Waals surface area contributed by atoms with E-state index in [1.54, 1.807) is 13.0 Å². The van der Waals surface area contributed by atoms with Gasteiger partial charge in [0.1, 0.15) is 5.82 Å². The van der Waals surface area contributed by atoms with Crippen molar-refractivity contribution in [1.82, 2.24) is 10.6 Å². The summed E-state index contributed by atoms with van der Waals surface area (Å²) in [6.07, 6.45) is 6.06. The molecule has 1 atom stereocenters. The maximum Gasteiger partial charge on any atom is 0.230 e. The summed E-state index contributed by atoms with van der Waals surface area (Å²) in [4.78, 5) is 23.6. The highest BCUT2D eigenvalue weighted by Gasteiger charge is 2.34. The topological polar surface area (TPSA) is 58.2 Å². The zero-order valence-electron chi connectivity index (χ0n) is 22.4. The Morgan fingerprint density at radius 2 is 1.57 bits per heavy atom. The van der Waals surface area contributed by atoms with Crippen molar-refractivity contribution in [3.8, 4) is 0 Å². The predicted octanol–water partition coefficient (Wildman–Crippen LogP) is 8.54. The van der Waals surface area contributed by atoms with Crippen molar-refractivity contribution in [3.63, 3.8) is 0 Å². The summed E-state index contributed by atoms with van der Waals surface area (Å²) in [6.45, 7) is 12.0. The van der Waals surface area contributed by atoms with Gasteiger partial charge in [-0.1, -0.05) is 88.9 Å². The van der Waals surface area contributed by atoms with E-state index < -0.39 is 11.2 Å². The van der Waals surface area contributed by atoms with Crippen LogP contribution in [0.3, 0.4) is 0 Å². The molecule has 208 valence electrons. The molecule has 0 bridgehead atoms. The average Bonchev–Trinajstić information content (AvgIpc) is 2.82. The molecule has 0 heterocycles. The van der Waals surface area contributed by atoms with Gasteiger partial charge in [-0.2, -0.15) is 0 Å². The van der Waals surface area contributed by atoms with Crippen molar-refractivity contribution >= 4 is 35.0 Å². The van der Waals surface area contributed by atoms with Crippen LogP contribution in [-0.2, 0) is 21.5 Å². The van der Waals surface area contributed by atoms with E-state index in [-0.39, 0.29) is 30.8 Å². The normalized spacial score (nSPS) is 12.1. The third-order valence-corrected chi connectivity index (χ3v) is 6.90. The van der Waals surface area contributed by atoms with Crippen molar-refractivity contribution in [3.05, 3.63) is 69.0 Å². The smallest absolute Gasteiger partial charge is 0.230 e. The molecule has 1 unspecified atom stereocenters. The largest absolute Gasteiger partial charge is 0.354 e. The number of rotatable bonds is 11. The fourth-order valence-corrected chi connectivity index (χ4v) is 4.41. The van der Waals surface area contributed by atoms with Gasteiger partial charge in [0.2, 0.25) is 11.8 Å². The van der Waals surface area contributed by atoms with Crippen LogP contribution < -0.4 is 10.6 Å². The second-order valence-electron chi connectivity index (χ2n) is 9.45. The Morgan fingerprint density at radius 1 is 0.973 bits per heavy atom. The fraction of sp³-hybridized carbons (Fsp3) is 0.533. The first-order valence-corrected chi connectivity index (χ1v) is 13.5. The van der Waals surface area contributed by atoms with Gasteiger partial charge in [-0.25, -0.2) is 4.39 Å². The van der Waals surface area contributed by atoms with E-state index in [9.17, 15) is 14.0 Å². The maximum atomic E-state index is 13.5. The molecule has 0 aliphatic carbocycles. The molecule has 7 heteroatoms. The minimum atomic E-state index is -0.672. The first kappa shape index (κ1) is 34.9. The lowest BCUT2D eigenvalue weighted by Gasteiger charge is -2.29. The van der Waals surface area contributed by atoms with Gasteiger partial charge < -0.3 is 10.6 Å². The number of halogens is 3. The lowest BCUT2D eigenvalue weighted by atomic mass is 9.77. The van der Waals surface area contributed by atoms with E-state index in [1.807, 2.05) is 39.0 Å². The number of nitrogens with one attached hydrogen (secondary N) is 2. The first-order valence-electron chi connectivity index (χ1n) is 12.7. The Kier molecular flexibility index (Phi) is 16.4. The molecule has 0 saturated heterocycles. The van der Waals surface area contributed by atoms with Crippen LogP contribution in [0.2, 0.25) is 10.0 Å². The van der Waals surface area contributed by atoms with Gasteiger partial charge in [0, 0.05) is 24.5 Å². The summed E-state index contributed by atoms with van der Waals surface area (Å²) < 4.78 is 13.5. The van der Waals surface area contributed by atoms with Gasteiger partial charge in [0.05, 0.1) is 10.4 Å². The van der Waals surface area contributed by atoms with E-state index in [0.29, 0.717) is 23.0 Å². The molecule has 0 aliphatic heterocycles. The molecule has 0 spiro atoms. The molecule has 4 nitrogen and oxygen atoms in total. The number of hydrogen-bond acceptors (Lipinski definition) is 2. The molecule has 0 saturated carbocycles. The van der Waals surface area contributed by atoms with Crippen LogP contribution in [0.15, 0.2) is 36.4 Å². The van der Waals surface area contributed by atoms with Crippen molar-refractivity contribution in [2.75, 3.05) is 0 Å². The Balaban J connectivity index is 0.000000918. The van der Waals surface area contributed by atoms with E-state index in [4.69, 9.17) is 23.2 Å². The lowest BCUT2D eigenvalue weighted by molar-refractivity contribution is -0.126. The van der Waals surface area contributed by atoms with E-state index in [1.165, 1.54) is 12.1 Å². The number of amides is 2. The second kappa shape index (κ2) is 17.4. The third-order valence-electron chi connectivity index (χ3n) is 6.16. The van der Waals surface area contributed by atoms with Crippen LogP contribution in [-0.4, -0.2) is 17.9 Å². The Bertz CT molecular complexity index is 994. The Hall–Kier alpha value is -2.11. The number of benzene rings is 2. The standard InChI is InChI=1S/C20H22Cl2FNO.C9H19NO.CH4/c1-4-9-20(3,15-6-8-16(21)13(2)10-15)19(25)24-12-14-5-7-17(22)18(23)11-14;1-4-6-9(7-5-2)10-8(3)11;/h5-8,10-11H,4,9,12H2,1-3H3,(H,24,25);9H,4-7H2,1-3H3,(H,10,11);1H4. The highest BCUT2D eigenvalue weighted by Crippen LogP contribution is 2.32. The monoisotopic (exact) mass is 554 g/mol. The molecule has 0 fully saturated rings. The van der Waals surface area contributed by atoms with Crippen molar-refractivity contribution < 1.29 is 14.0 Å². The third kappa shape index (κ3) is 11.4. The minimum Gasteiger partial charge on any atom is -0.354 e. The van der Waals surface area contributed by atoms with Crippen molar-refractivity contribution in [1.29, 1.82) is 0 Å². The molecule has 2 aromatic carbocycles. The molecular weight excluding hydrogens is 510 g/mol. The predicted molar refractivity (Wildman–Crippen MR) is 156 cm³/mol. The summed E-state index contributed by atoms with van der Waals surface area (Å²) in [5.74, 6) is -0.485. The maximum absolute atomic E-state index is 13.5. The molecule has 2 N–H and O–H groups in total. The van der Waals surface area contributed by atoms with Crippen LogP contribution in [0.5, 0.6) is 0 Å². The zero-order valence-corrected chi connectivity index (χ0v) is 24.0. The molecule has 2 aromatic rings. The summed E-state index contributed by atoms with van der Waals surface area (Å²) in [6, 6.07) is 10.6. The summed E-state index contributed by atoms with van der Waals surface area (Å²) in [5, 5.41) is 6.62. The van der Waals surface area contributed by atoms with Crippen LogP contribution in [0.4, 0.5) is 4.39 Å².